The van der Waals surface area contributed by atoms with Crippen molar-refractivity contribution in [3.63, 3.8) is 0 Å². The molecule has 2 atom stereocenters. The van der Waals surface area contributed by atoms with Crippen LogP contribution in [-0.4, -0.2) is 44.1 Å². The van der Waals surface area contributed by atoms with E-state index in [2.05, 4.69) is 59.4 Å². The number of carbonyl (C=O) groups excluding carboxylic acids is 1. The predicted molar refractivity (Wildman–Crippen MR) is 151 cm³/mol. The highest BCUT2D eigenvalue weighted by Gasteiger charge is 2.48. The highest BCUT2D eigenvalue weighted by atomic mass is 28.4. The fourth-order valence-electron chi connectivity index (χ4n) is 6.94. The van der Waals surface area contributed by atoms with Crippen LogP contribution in [0.1, 0.15) is 99.6 Å². The van der Waals surface area contributed by atoms with Crippen LogP contribution in [0.5, 0.6) is 11.5 Å². The fraction of sp³-hybridized carbons (Fsp3) is 0.767. The Bertz CT molecular complexity index is 881. The molecular formula is C30H51NO4Si. The zero-order valence-electron chi connectivity index (χ0n) is 24.6. The SMILES string of the molecule is CCCN1CCC[C@@H]2Cc3c(ccc(OC(=O)OC(C)(C)C)c3O[Si](C(C)C)(C(C)C)C(C)C)C[C@H]21. The van der Waals surface area contributed by atoms with Crippen molar-refractivity contribution in [2.75, 3.05) is 13.1 Å². The van der Waals surface area contributed by atoms with Gasteiger partial charge in [0.2, 0.25) is 0 Å². The Labute approximate surface area is 221 Å². The van der Waals surface area contributed by atoms with E-state index >= 15 is 0 Å². The summed E-state index contributed by atoms with van der Waals surface area (Å²) in [7, 11) is -2.27. The number of rotatable bonds is 8. The molecule has 0 unspecified atom stereocenters. The molecule has 1 aromatic rings. The van der Waals surface area contributed by atoms with Gasteiger partial charge < -0.3 is 13.9 Å². The van der Waals surface area contributed by atoms with Gasteiger partial charge in [0.1, 0.15) is 5.60 Å². The number of likely N-dealkylation sites (tertiary alicyclic amines) is 1. The molecule has 1 heterocycles. The average Bonchev–Trinajstić information content (AvgIpc) is 2.75. The third kappa shape index (κ3) is 6.12. The smallest absolute Gasteiger partial charge is 0.514 e. The number of hydrogen-bond acceptors (Lipinski definition) is 5. The Hall–Kier alpha value is -1.53. The molecule has 2 aliphatic rings. The van der Waals surface area contributed by atoms with Gasteiger partial charge in [-0.1, -0.05) is 54.5 Å². The third-order valence-corrected chi connectivity index (χ3v) is 14.3. The van der Waals surface area contributed by atoms with Crippen LogP contribution in [0.3, 0.4) is 0 Å². The normalized spacial score (nSPS) is 20.9. The van der Waals surface area contributed by atoms with Gasteiger partial charge in [0.25, 0.3) is 8.32 Å². The van der Waals surface area contributed by atoms with E-state index < -0.39 is 20.1 Å². The molecule has 0 spiro atoms. The van der Waals surface area contributed by atoms with Gasteiger partial charge in [0.05, 0.1) is 0 Å². The molecule has 3 rings (SSSR count). The molecule has 0 bridgehead atoms. The van der Waals surface area contributed by atoms with E-state index in [1.807, 2.05) is 26.8 Å². The van der Waals surface area contributed by atoms with Crippen LogP contribution in [0.4, 0.5) is 4.79 Å². The summed E-state index contributed by atoms with van der Waals surface area (Å²) in [5.74, 6) is 1.94. The first-order valence-electron chi connectivity index (χ1n) is 14.3. The fourth-order valence-corrected chi connectivity index (χ4v) is 12.2. The van der Waals surface area contributed by atoms with Gasteiger partial charge in [-0.25, -0.2) is 4.79 Å². The van der Waals surface area contributed by atoms with Gasteiger partial charge in [-0.3, -0.25) is 4.90 Å². The van der Waals surface area contributed by atoms with Crippen molar-refractivity contribution in [1.82, 2.24) is 4.90 Å². The maximum Gasteiger partial charge on any atom is 0.514 e. The van der Waals surface area contributed by atoms with Crippen molar-refractivity contribution in [2.24, 2.45) is 5.92 Å². The monoisotopic (exact) mass is 517 g/mol. The molecule has 0 amide bonds. The van der Waals surface area contributed by atoms with Gasteiger partial charge in [-0.15, -0.1) is 0 Å². The highest BCUT2D eigenvalue weighted by molar-refractivity contribution is 6.78. The quantitative estimate of drug-likeness (QED) is 0.198. The topological polar surface area (TPSA) is 48.0 Å². The Morgan fingerprint density at radius 1 is 1.06 bits per heavy atom. The van der Waals surface area contributed by atoms with E-state index in [1.54, 1.807) is 0 Å². The summed E-state index contributed by atoms with van der Waals surface area (Å²) in [5.41, 5.74) is 3.27. The summed E-state index contributed by atoms with van der Waals surface area (Å²) in [6.07, 6.45) is 5.06. The lowest BCUT2D eigenvalue weighted by Gasteiger charge is -2.46. The second-order valence-corrected chi connectivity index (χ2v) is 18.3. The van der Waals surface area contributed by atoms with Crippen LogP contribution in [0.15, 0.2) is 12.1 Å². The minimum absolute atomic E-state index is 0.425. The van der Waals surface area contributed by atoms with E-state index in [0.29, 0.717) is 34.3 Å². The number of benzene rings is 1. The first-order chi connectivity index (χ1) is 16.8. The lowest BCUT2D eigenvalue weighted by molar-refractivity contribution is 0.0201. The third-order valence-electron chi connectivity index (χ3n) is 8.33. The van der Waals surface area contributed by atoms with Gasteiger partial charge in [-0.05, 0) is 100 Å². The Morgan fingerprint density at radius 2 is 1.69 bits per heavy atom. The van der Waals surface area contributed by atoms with Crippen LogP contribution < -0.4 is 9.16 Å². The Morgan fingerprint density at radius 3 is 2.25 bits per heavy atom. The zero-order valence-corrected chi connectivity index (χ0v) is 25.6. The second kappa shape index (κ2) is 11.5. The number of piperidine rings is 1. The summed E-state index contributed by atoms with van der Waals surface area (Å²) >= 11 is 0. The molecule has 0 N–H and O–H groups in total. The molecular weight excluding hydrogens is 466 g/mol. The van der Waals surface area contributed by atoms with Crippen LogP contribution >= 0.6 is 0 Å². The van der Waals surface area contributed by atoms with Gasteiger partial charge >= 0.3 is 6.16 Å². The highest BCUT2D eigenvalue weighted by Crippen LogP contribution is 2.49. The van der Waals surface area contributed by atoms with Crippen molar-refractivity contribution in [3.8, 4) is 11.5 Å². The van der Waals surface area contributed by atoms with Gasteiger partial charge in [0.15, 0.2) is 11.5 Å². The molecule has 1 aliphatic heterocycles. The predicted octanol–water partition coefficient (Wildman–Crippen LogP) is 8.14. The molecule has 0 aromatic heterocycles. The number of carbonyl (C=O) groups is 1. The molecule has 204 valence electrons. The summed E-state index contributed by atoms with van der Waals surface area (Å²) in [6.45, 7) is 24.0. The number of ether oxygens (including phenoxy) is 2. The zero-order chi connectivity index (χ0) is 26.8. The number of fused-ring (bicyclic) bond motifs is 2. The molecule has 5 nitrogen and oxygen atoms in total. The van der Waals surface area contributed by atoms with Crippen molar-refractivity contribution < 1.29 is 18.7 Å². The van der Waals surface area contributed by atoms with E-state index in [9.17, 15) is 4.79 Å². The molecule has 36 heavy (non-hydrogen) atoms. The average molecular weight is 518 g/mol. The molecule has 0 radical (unpaired) electrons. The Kier molecular flexibility index (Phi) is 9.25. The first-order valence-corrected chi connectivity index (χ1v) is 16.4. The molecule has 6 heteroatoms. The van der Waals surface area contributed by atoms with E-state index in [4.69, 9.17) is 13.9 Å². The van der Waals surface area contributed by atoms with E-state index in [-0.39, 0.29) is 0 Å². The summed E-state index contributed by atoms with van der Waals surface area (Å²) in [5, 5.41) is 0. The minimum atomic E-state index is -2.27. The number of nitrogens with zero attached hydrogens (tertiary/aromatic N) is 1. The number of hydrogen-bond donors (Lipinski definition) is 0. The maximum atomic E-state index is 12.8. The van der Waals surface area contributed by atoms with Crippen LogP contribution in [0.25, 0.3) is 0 Å². The summed E-state index contributed by atoms with van der Waals surface area (Å²) in [6, 6.07) is 4.71. The van der Waals surface area contributed by atoms with Crippen molar-refractivity contribution >= 4 is 14.5 Å². The lowest BCUT2D eigenvalue weighted by atomic mass is 9.75. The van der Waals surface area contributed by atoms with Crippen LogP contribution in [0, 0.1) is 5.92 Å². The molecule has 1 fully saturated rings. The van der Waals surface area contributed by atoms with E-state index in [1.165, 1.54) is 43.5 Å². The van der Waals surface area contributed by atoms with Crippen molar-refractivity contribution in [3.05, 3.63) is 23.3 Å². The molecule has 1 saturated heterocycles. The van der Waals surface area contributed by atoms with Crippen LogP contribution in [0.2, 0.25) is 16.6 Å². The molecule has 1 aliphatic carbocycles. The molecule has 0 saturated carbocycles. The van der Waals surface area contributed by atoms with Crippen molar-refractivity contribution in [2.45, 2.75) is 130 Å². The molecule has 1 aromatic carbocycles. The van der Waals surface area contributed by atoms with Crippen LogP contribution in [-0.2, 0) is 17.6 Å². The summed E-state index contributed by atoms with van der Waals surface area (Å²) < 4.78 is 18.7. The largest absolute Gasteiger partial charge is 0.540 e. The van der Waals surface area contributed by atoms with E-state index in [0.717, 1.165) is 18.6 Å². The Balaban J connectivity index is 2.09. The first kappa shape index (κ1) is 29.0. The van der Waals surface area contributed by atoms with Crippen molar-refractivity contribution in [1.29, 1.82) is 0 Å². The van der Waals surface area contributed by atoms with Gasteiger partial charge in [0, 0.05) is 11.6 Å². The lowest BCUT2D eigenvalue weighted by Crippen LogP contribution is -2.52. The van der Waals surface area contributed by atoms with Gasteiger partial charge in [-0.2, -0.15) is 0 Å². The standard InChI is InChI=1S/C30H51NO4Si/c1-11-16-31-17-12-13-24-18-25-23(19-26(24)31)14-15-27(33-29(32)34-30(8,9)10)28(25)35-36(20(2)3,21(4)5)22(6)7/h14-15,20-22,24,26H,11-13,16-19H2,1-10H3/t24-,26-/m1/s1. The minimum Gasteiger partial charge on any atom is -0.540 e. The second-order valence-electron chi connectivity index (χ2n) is 12.9. The summed E-state index contributed by atoms with van der Waals surface area (Å²) in [4.78, 5) is 15.5. The maximum absolute atomic E-state index is 12.8.